The van der Waals surface area contributed by atoms with Gasteiger partial charge in [-0.05, 0) is 69.5 Å². The summed E-state index contributed by atoms with van der Waals surface area (Å²) in [6, 6.07) is 2.92. The molecule has 1 saturated carbocycles. The Morgan fingerprint density at radius 1 is 1.33 bits per heavy atom. The Kier molecular flexibility index (Phi) is 6.29. The van der Waals surface area contributed by atoms with Gasteiger partial charge < -0.3 is 30.5 Å². The molecule has 4 aliphatic rings. The highest BCUT2D eigenvalue weighted by Crippen LogP contribution is 2.63. The molecule has 2 fully saturated rings. The zero-order chi connectivity index (χ0) is 26.0. The monoisotopic (exact) mass is 500 g/mol. The molecule has 8 heteroatoms. The van der Waals surface area contributed by atoms with Gasteiger partial charge in [-0.25, -0.2) is 0 Å². The van der Waals surface area contributed by atoms with Gasteiger partial charge in [-0.2, -0.15) is 0 Å². The molecule has 5 N–H and O–H groups in total. The summed E-state index contributed by atoms with van der Waals surface area (Å²) in [5.74, 6) is 0.273. The first kappa shape index (κ1) is 25.4. The third kappa shape index (κ3) is 3.63. The molecule has 1 spiro atoms. The van der Waals surface area contributed by atoms with E-state index in [1.54, 1.807) is 6.07 Å². The maximum absolute atomic E-state index is 13.1. The lowest BCUT2D eigenvalue weighted by atomic mass is 9.53. The molecular formula is C28H40N2O6. The summed E-state index contributed by atoms with van der Waals surface area (Å²) in [4.78, 5) is 15.5. The third-order valence-electron chi connectivity index (χ3n) is 9.56. The number of amides is 1. The van der Waals surface area contributed by atoms with Crippen LogP contribution >= 0.6 is 0 Å². The number of carbonyl (C=O) groups excluding carboxylic acids is 1. The topological polar surface area (TPSA) is 122 Å². The van der Waals surface area contributed by atoms with Crippen LogP contribution in [0.3, 0.4) is 0 Å². The van der Waals surface area contributed by atoms with Gasteiger partial charge in [0.2, 0.25) is 0 Å². The standard InChI is InChI=1S/C28H40N2O6/c1-5-15(2)19(14-31)29-26(34)16(3)23(33)25-28-10-11-30(13-17-6-7-17)21(27(28,4)35)12-18-8-9-20(32)24(36-25)22(18)28/h8-9,15,17,19,21,25,31-33,35H,5-7,10-14H2,1-4H3,(H,29,34)/b23-16-/t15-,19-,21+,25-,27+,28-/m0/s1. The quantitative estimate of drug-likeness (QED) is 0.275. The second-order valence-corrected chi connectivity index (χ2v) is 11.6. The van der Waals surface area contributed by atoms with Crippen LogP contribution in [0.5, 0.6) is 11.5 Å². The number of aliphatic hydroxyl groups excluding tert-OH is 2. The van der Waals surface area contributed by atoms with E-state index in [9.17, 15) is 25.2 Å². The number of nitrogens with one attached hydrogen (secondary N) is 1. The van der Waals surface area contributed by atoms with Crippen molar-refractivity contribution in [1.29, 1.82) is 0 Å². The number of benzene rings is 1. The van der Waals surface area contributed by atoms with Crippen molar-refractivity contribution in [2.45, 2.75) is 89.0 Å². The van der Waals surface area contributed by atoms with Gasteiger partial charge in [0.15, 0.2) is 17.6 Å². The molecule has 6 atom stereocenters. The summed E-state index contributed by atoms with van der Waals surface area (Å²) in [6.45, 7) is 8.79. The Balaban J connectivity index is 1.55. The van der Waals surface area contributed by atoms with Crippen molar-refractivity contribution in [1.82, 2.24) is 10.2 Å². The van der Waals surface area contributed by atoms with Crippen LogP contribution < -0.4 is 10.1 Å². The first-order valence-corrected chi connectivity index (χ1v) is 13.4. The predicted molar refractivity (Wildman–Crippen MR) is 135 cm³/mol. The first-order valence-electron chi connectivity index (χ1n) is 13.4. The molecule has 2 bridgehead atoms. The van der Waals surface area contributed by atoms with Crippen LogP contribution in [0.15, 0.2) is 23.5 Å². The summed E-state index contributed by atoms with van der Waals surface area (Å²) >= 11 is 0. The van der Waals surface area contributed by atoms with E-state index in [1.165, 1.54) is 19.8 Å². The van der Waals surface area contributed by atoms with E-state index >= 15 is 0 Å². The fraction of sp³-hybridized carbons (Fsp3) is 0.679. The third-order valence-corrected chi connectivity index (χ3v) is 9.56. The lowest BCUT2D eigenvalue weighted by Crippen LogP contribution is -2.73. The van der Waals surface area contributed by atoms with Crippen molar-refractivity contribution in [2.24, 2.45) is 11.8 Å². The van der Waals surface area contributed by atoms with E-state index in [0.717, 1.165) is 30.6 Å². The van der Waals surface area contributed by atoms with Crippen LogP contribution in [0.25, 0.3) is 0 Å². The van der Waals surface area contributed by atoms with Crippen molar-refractivity contribution in [3.63, 3.8) is 0 Å². The first-order chi connectivity index (χ1) is 17.1. The van der Waals surface area contributed by atoms with Gasteiger partial charge in [0.25, 0.3) is 5.91 Å². The van der Waals surface area contributed by atoms with Gasteiger partial charge in [0, 0.05) is 18.2 Å². The number of rotatable bonds is 8. The van der Waals surface area contributed by atoms with Gasteiger partial charge in [-0.3, -0.25) is 9.69 Å². The SMILES string of the molecule is CC[C@H](C)[C@H](CO)NC(=O)/C(C)=C(\O)[C@@H]1Oc2c(O)ccc3c2[C@@]12CCN(CC1CC1)[C@H](C3)[C@@]2(C)O. The average Bonchev–Trinajstić information content (AvgIpc) is 3.59. The number of carbonyl (C=O) groups is 1. The Labute approximate surface area is 213 Å². The molecule has 36 heavy (non-hydrogen) atoms. The minimum atomic E-state index is -1.26. The molecule has 2 aliphatic heterocycles. The van der Waals surface area contributed by atoms with Crippen LogP contribution in [-0.2, 0) is 16.6 Å². The van der Waals surface area contributed by atoms with Crippen molar-refractivity contribution in [3.8, 4) is 11.5 Å². The highest BCUT2D eigenvalue weighted by atomic mass is 16.5. The largest absolute Gasteiger partial charge is 0.508 e. The average molecular weight is 501 g/mol. The molecule has 5 rings (SSSR count). The normalized spacial score (nSPS) is 33.3. The zero-order valence-electron chi connectivity index (χ0n) is 21.8. The molecule has 0 radical (unpaired) electrons. The van der Waals surface area contributed by atoms with Crippen LogP contribution in [0.4, 0.5) is 0 Å². The maximum atomic E-state index is 13.1. The summed E-state index contributed by atoms with van der Waals surface area (Å²) < 4.78 is 6.27. The van der Waals surface area contributed by atoms with Gasteiger partial charge in [-0.1, -0.05) is 26.3 Å². The number of hydrogen-bond donors (Lipinski definition) is 5. The van der Waals surface area contributed by atoms with Gasteiger partial charge in [-0.15, -0.1) is 0 Å². The van der Waals surface area contributed by atoms with E-state index in [1.807, 2.05) is 26.8 Å². The second-order valence-electron chi connectivity index (χ2n) is 11.6. The number of nitrogens with zero attached hydrogens (tertiary/aromatic N) is 1. The van der Waals surface area contributed by atoms with Gasteiger partial charge in [0.05, 0.1) is 29.2 Å². The number of aliphatic hydroxyl groups is 3. The number of likely N-dealkylation sites (tertiary alicyclic amines) is 1. The van der Waals surface area contributed by atoms with Crippen molar-refractivity contribution >= 4 is 5.91 Å². The molecule has 2 heterocycles. The highest BCUT2D eigenvalue weighted by molar-refractivity contribution is 5.93. The summed E-state index contributed by atoms with van der Waals surface area (Å²) in [7, 11) is 0. The number of aromatic hydroxyl groups is 1. The van der Waals surface area contributed by atoms with Crippen molar-refractivity contribution in [3.05, 3.63) is 34.6 Å². The molecule has 198 valence electrons. The Morgan fingerprint density at radius 2 is 2.06 bits per heavy atom. The molecule has 2 aliphatic carbocycles. The second kappa shape index (κ2) is 8.92. The van der Waals surface area contributed by atoms with E-state index in [2.05, 4.69) is 10.2 Å². The van der Waals surface area contributed by atoms with Crippen LogP contribution in [0.1, 0.15) is 64.5 Å². The van der Waals surface area contributed by atoms with E-state index in [4.69, 9.17) is 4.74 Å². The smallest absolute Gasteiger partial charge is 0.250 e. The number of fused-ring (bicyclic) bond motifs is 1. The van der Waals surface area contributed by atoms with Crippen LogP contribution in [0.2, 0.25) is 0 Å². The Morgan fingerprint density at radius 3 is 2.69 bits per heavy atom. The molecular weight excluding hydrogens is 460 g/mol. The van der Waals surface area contributed by atoms with Crippen molar-refractivity contribution in [2.75, 3.05) is 19.7 Å². The lowest BCUT2D eigenvalue weighted by molar-refractivity contribution is -0.153. The molecule has 1 saturated heterocycles. The Bertz CT molecular complexity index is 1080. The molecule has 1 aromatic carbocycles. The molecule has 1 aromatic rings. The van der Waals surface area contributed by atoms with Crippen molar-refractivity contribution < 1.29 is 30.0 Å². The summed E-state index contributed by atoms with van der Waals surface area (Å²) in [5.41, 5.74) is -0.408. The maximum Gasteiger partial charge on any atom is 0.250 e. The number of piperidine rings is 1. The minimum Gasteiger partial charge on any atom is -0.508 e. The van der Waals surface area contributed by atoms with Crippen LogP contribution in [0, 0.1) is 11.8 Å². The Hall–Kier alpha value is -2.29. The minimum absolute atomic E-state index is 0.0303. The fourth-order valence-corrected chi connectivity index (χ4v) is 6.81. The van der Waals surface area contributed by atoms with E-state index in [0.29, 0.717) is 24.5 Å². The highest BCUT2D eigenvalue weighted by Gasteiger charge is 2.69. The number of phenols is 1. The summed E-state index contributed by atoms with van der Waals surface area (Å²) in [6.07, 6.45) is 3.39. The number of ether oxygens (including phenoxy) is 1. The van der Waals surface area contributed by atoms with E-state index in [-0.39, 0.29) is 35.6 Å². The molecule has 8 nitrogen and oxygen atoms in total. The summed E-state index contributed by atoms with van der Waals surface area (Å²) in [5, 5.41) is 47.1. The van der Waals surface area contributed by atoms with Gasteiger partial charge >= 0.3 is 0 Å². The fourth-order valence-electron chi connectivity index (χ4n) is 6.81. The zero-order valence-corrected chi connectivity index (χ0v) is 21.8. The van der Waals surface area contributed by atoms with E-state index < -0.39 is 29.1 Å². The van der Waals surface area contributed by atoms with Gasteiger partial charge in [0.1, 0.15) is 5.76 Å². The number of hydrogen-bond acceptors (Lipinski definition) is 7. The molecule has 1 amide bonds. The lowest BCUT2D eigenvalue weighted by Gasteiger charge is -2.59. The predicted octanol–water partition coefficient (Wildman–Crippen LogP) is 2.54. The molecule has 0 aromatic heterocycles. The number of phenolic OH excluding ortho intramolecular Hbond substituents is 1. The molecule has 0 unspecified atom stereocenters. The van der Waals surface area contributed by atoms with Crippen LogP contribution in [-0.4, -0.2) is 74.7 Å².